The first-order chi connectivity index (χ1) is 5.18. The first-order valence-corrected chi connectivity index (χ1v) is 4.23. The van der Waals surface area contributed by atoms with E-state index in [-0.39, 0.29) is 5.91 Å². The average molecular weight is 156 g/mol. The average Bonchev–Trinajstić information content (AvgIpc) is 1.97. The minimum Gasteiger partial charge on any atom is -0.349 e. The van der Waals surface area contributed by atoms with Gasteiger partial charge in [-0.2, -0.15) is 0 Å². The molecular weight excluding hydrogens is 138 g/mol. The van der Waals surface area contributed by atoms with Gasteiger partial charge in [-0.3, -0.25) is 4.79 Å². The van der Waals surface area contributed by atoms with Gasteiger partial charge < -0.3 is 4.90 Å². The fourth-order valence-electron chi connectivity index (χ4n) is 0.802. The second kappa shape index (κ2) is 6.20. The molecule has 11 heavy (non-hydrogen) atoms. The van der Waals surface area contributed by atoms with Crippen LogP contribution in [-0.2, 0) is 4.79 Å². The Hall–Kier alpha value is -0.530. The van der Waals surface area contributed by atoms with E-state index in [4.69, 9.17) is 0 Å². The highest BCUT2D eigenvalue weighted by Gasteiger charge is 2.02. The summed E-state index contributed by atoms with van der Waals surface area (Å²) in [5.74, 6) is 0.126. The second-order valence-electron chi connectivity index (χ2n) is 2.93. The van der Waals surface area contributed by atoms with Gasteiger partial charge in [0.15, 0.2) is 0 Å². The van der Waals surface area contributed by atoms with Crippen LogP contribution in [0.5, 0.6) is 0 Å². The van der Waals surface area contributed by atoms with Crippen molar-refractivity contribution in [3.8, 4) is 0 Å². The smallest absolute Gasteiger partial charge is 0.225 e. The largest absolute Gasteiger partial charge is 0.349 e. The van der Waals surface area contributed by atoms with Gasteiger partial charge in [-0.05, 0) is 6.42 Å². The summed E-state index contributed by atoms with van der Waals surface area (Å²) in [6.07, 6.45) is 6.25. The van der Waals surface area contributed by atoms with Crippen LogP contribution in [0.3, 0.4) is 0 Å². The maximum absolute atomic E-state index is 11.0. The van der Waals surface area contributed by atoms with Crippen LogP contribution in [0.2, 0.25) is 0 Å². The van der Waals surface area contributed by atoms with Gasteiger partial charge in [0.25, 0.3) is 0 Å². The van der Waals surface area contributed by atoms with Gasteiger partial charge in [-0.1, -0.05) is 26.2 Å². The van der Waals surface area contributed by atoms with Gasteiger partial charge in [0, 0.05) is 20.5 Å². The third-order valence-electron chi connectivity index (χ3n) is 1.57. The van der Waals surface area contributed by atoms with Crippen molar-refractivity contribution in [2.24, 2.45) is 0 Å². The SMILES string of the molecule is CCCCC[CH]C(=O)N(C)C. The molecule has 1 amide bonds. The summed E-state index contributed by atoms with van der Waals surface area (Å²) in [5, 5.41) is 0. The zero-order valence-corrected chi connectivity index (χ0v) is 7.76. The highest BCUT2D eigenvalue weighted by atomic mass is 16.2. The van der Waals surface area contributed by atoms with E-state index < -0.39 is 0 Å². The molecule has 0 aliphatic carbocycles. The second-order valence-corrected chi connectivity index (χ2v) is 2.93. The molecule has 0 aliphatic rings. The number of rotatable bonds is 5. The quantitative estimate of drug-likeness (QED) is 0.556. The molecule has 0 rings (SSSR count). The summed E-state index contributed by atoms with van der Waals surface area (Å²) < 4.78 is 0. The van der Waals surface area contributed by atoms with Gasteiger partial charge in [-0.15, -0.1) is 0 Å². The molecule has 0 heterocycles. The number of carbonyl (C=O) groups excluding carboxylic acids is 1. The van der Waals surface area contributed by atoms with Gasteiger partial charge in [-0.25, -0.2) is 0 Å². The number of amides is 1. The van der Waals surface area contributed by atoms with Gasteiger partial charge in [0.05, 0.1) is 0 Å². The molecule has 2 nitrogen and oxygen atoms in total. The zero-order valence-electron chi connectivity index (χ0n) is 7.76. The van der Waals surface area contributed by atoms with E-state index in [0.29, 0.717) is 0 Å². The first kappa shape index (κ1) is 10.5. The summed E-state index contributed by atoms with van der Waals surface area (Å²) in [6, 6.07) is 0. The monoisotopic (exact) mass is 156 g/mol. The van der Waals surface area contributed by atoms with Gasteiger partial charge in [0.1, 0.15) is 0 Å². The van der Waals surface area contributed by atoms with Crippen molar-refractivity contribution in [2.75, 3.05) is 14.1 Å². The van der Waals surface area contributed by atoms with E-state index in [1.807, 2.05) is 0 Å². The summed E-state index contributed by atoms with van der Waals surface area (Å²) in [7, 11) is 3.55. The minimum atomic E-state index is 0.126. The van der Waals surface area contributed by atoms with Crippen molar-refractivity contribution in [1.82, 2.24) is 4.90 Å². The number of nitrogens with zero attached hydrogens (tertiary/aromatic N) is 1. The van der Waals surface area contributed by atoms with Crippen LogP contribution in [-0.4, -0.2) is 24.9 Å². The topological polar surface area (TPSA) is 20.3 Å². The van der Waals surface area contributed by atoms with Crippen LogP contribution in [0.1, 0.15) is 32.6 Å². The third kappa shape index (κ3) is 5.89. The Morgan fingerprint density at radius 3 is 2.45 bits per heavy atom. The third-order valence-corrected chi connectivity index (χ3v) is 1.57. The Morgan fingerprint density at radius 1 is 1.36 bits per heavy atom. The normalized spacial score (nSPS) is 9.73. The summed E-state index contributed by atoms with van der Waals surface area (Å²) in [5.41, 5.74) is 0. The Balaban J connectivity index is 3.18. The predicted molar refractivity (Wildman–Crippen MR) is 47.1 cm³/mol. The predicted octanol–water partition coefficient (Wildman–Crippen LogP) is 1.86. The van der Waals surface area contributed by atoms with E-state index in [1.54, 1.807) is 25.4 Å². The van der Waals surface area contributed by atoms with Crippen molar-refractivity contribution in [3.63, 3.8) is 0 Å². The maximum Gasteiger partial charge on any atom is 0.225 e. The molecule has 0 fully saturated rings. The lowest BCUT2D eigenvalue weighted by Gasteiger charge is -2.08. The standard InChI is InChI=1S/C9H18NO/c1-4-5-6-7-8-9(11)10(2)3/h8H,4-7H2,1-3H3. The lowest BCUT2D eigenvalue weighted by atomic mass is 10.1. The van der Waals surface area contributed by atoms with Crippen LogP contribution >= 0.6 is 0 Å². The molecule has 0 saturated heterocycles. The number of hydrogen-bond donors (Lipinski definition) is 0. The van der Waals surface area contributed by atoms with Crippen LogP contribution in [0.25, 0.3) is 0 Å². The van der Waals surface area contributed by atoms with E-state index in [0.717, 1.165) is 12.8 Å². The lowest BCUT2D eigenvalue weighted by Crippen LogP contribution is -2.21. The fourth-order valence-corrected chi connectivity index (χ4v) is 0.802. The molecule has 0 saturated carbocycles. The van der Waals surface area contributed by atoms with Crippen LogP contribution in [0.4, 0.5) is 0 Å². The summed E-state index contributed by atoms with van der Waals surface area (Å²) in [6.45, 7) is 2.16. The van der Waals surface area contributed by atoms with Gasteiger partial charge in [0.2, 0.25) is 5.91 Å². The number of hydrogen-bond acceptors (Lipinski definition) is 1. The van der Waals surface area contributed by atoms with E-state index >= 15 is 0 Å². The van der Waals surface area contributed by atoms with Crippen molar-refractivity contribution < 1.29 is 4.79 Å². The van der Waals surface area contributed by atoms with E-state index in [1.165, 1.54) is 12.8 Å². The molecule has 0 aromatic carbocycles. The van der Waals surface area contributed by atoms with Crippen LogP contribution < -0.4 is 0 Å². The zero-order chi connectivity index (χ0) is 8.69. The van der Waals surface area contributed by atoms with Crippen molar-refractivity contribution in [2.45, 2.75) is 32.6 Å². The Morgan fingerprint density at radius 2 is 2.00 bits per heavy atom. The molecule has 1 radical (unpaired) electrons. The molecule has 0 spiro atoms. The lowest BCUT2D eigenvalue weighted by molar-refractivity contribution is -0.125. The molecule has 0 aliphatic heterocycles. The Labute approximate surface area is 69.6 Å². The van der Waals surface area contributed by atoms with E-state index in [2.05, 4.69) is 6.92 Å². The minimum absolute atomic E-state index is 0.126. The summed E-state index contributed by atoms with van der Waals surface area (Å²) >= 11 is 0. The maximum atomic E-state index is 11.0. The van der Waals surface area contributed by atoms with Gasteiger partial charge >= 0.3 is 0 Å². The molecule has 0 N–H and O–H groups in total. The van der Waals surface area contributed by atoms with Crippen molar-refractivity contribution in [1.29, 1.82) is 0 Å². The molecule has 0 bridgehead atoms. The molecule has 0 atom stereocenters. The first-order valence-electron chi connectivity index (χ1n) is 4.23. The highest BCUT2D eigenvalue weighted by Crippen LogP contribution is 2.02. The molecule has 0 aromatic heterocycles. The van der Waals surface area contributed by atoms with Crippen molar-refractivity contribution in [3.05, 3.63) is 6.42 Å². The van der Waals surface area contributed by atoms with Crippen LogP contribution in [0, 0.1) is 6.42 Å². The summed E-state index contributed by atoms with van der Waals surface area (Å²) in [4.78, 5) is 12.6. The molecule has 0 aromatic rings. The molecule has 2 heteroatoms. The van der Waals surface area contributed by atoms with Crippen molar-refractivity contribution >= 4 is 5.91 Å². The number of carbonyl (C=O) groups is 1. The highest BCUT2D eigenvalue weighted by molar-refractivity contribution is 5.84. The molecular formula is C9H18NO. The van der Waals surface area contributed by atoms with E-state index in [9.17, 15) is 4.79 Å². The van der Waals surface area contributed by atoms with Crippen LogP contribution in [0.15, 0.2) is 0 Å². The number of unbranched alkanes of at least 4 members (excludes halogenated alkanes) is 3. The molecule has 0 unspecified atom stereocenters. The Kier molecular flexibility index (Phi) is 5.90. The Bertz CT molecular complexity index is 110. The fraction of sp³-hybridized carbons (Fsp3) is 0.778. The molecule has 65 valence electrons.